The van der Waals surface area contributed by atoms with Crippen molar-refractivity contribution in [3.8, 4) is 11.3 Å². The lowest BCUT2D eigenvalue weighted by Gasteiger charge is -2.32. The van der Waals surface area contributed by atoms with Crippen molar-refractivity contribution >= 4 is 17.8 Å². The maximum absolute atomic E-state index is 9.55. The molecule has 1 aromatic carbocycles. The summed E-state index contributed by atoms with van der Waals surface area (Å²) in [4.78, 5) is 24.0. The molecule has 2 N–H and O–H groups in total. The molecular weight excluding hydrogens is 384 g/mol. The van der Waals surface area contributed by atoms with E-state index < -0.39 is 11.9 Å². The van der Waals surface area contributed by atoms with Crippen LogP contribution in [0.1, 0.15) is 13.3 Å². The Hall–Kier alpha value is -3.26. The largest absolute Gasteiger partial charge is 0.478 e. The Morgan fingerprint density at radius 3 is 2.27 bits per heavy atom. The van der Waals surface area contributed by atoms with Crippen molar-refractivity contribution < 1.29 is 19.8 Å². The normalized spacial score (nSPS) is 23.1. The van der Waals surface area contributed by atoms with Crippen LogP contribution >= 0.6 is 0 Å². The molecule has 8 nitrogen and oxygen atoms in total. The number of carboxylic acid groups (broad SMARTS) is 2. The van der Waals surface area contributed by atoms with Crippen LogP contribution in [0.25, 0.3) is 11.3 Å². The summed E-state index contributed by atoms with van der Waals surface area (Å²) >= 11 is 0. The van der Waals surface area contributed by atoms with Gasteiger partial charge in [0.15, 0.2) is 5.82 Å². The third-order valence-corrected chi connectivity index (χ3v) is 5.93. The second kappa shape index (κ2) is 9.04. The first-order valence-corrected chi connectivity index (χ1v) is 9.79. The van der Waals surface area contributed by atoms with Crippen molar-refractivity contribution in [1.82, 2.24) is 15.1 Å². The molecule has 0 radical (unpaired) electrons. The first kappa shape index (κ1) is 21.4. The van der Waals surface area contributed by atoms with Gasteiger partial charge in [0.05, 0.1) is 5.69 Å². The number of fused-ring (bicyclic) bond motifs is 1. The van der Waals surface area contributed by atoms with Crippen LogP contribution in [-0.2, 0) is 9.59 Å². The lowest BCUT2D eigenvalue weighted by Crippen LogP contribution is -2.44. The highest BCUT2D eigenvalue weighted by Crippen LogP contribution is 2.41. The molecule has 2 unspecified atom stereocenters. The molecule has 3 heterocycles. The molecule has 0 bridgehead atoms. The van der Waals surface area contributed by atoms with Gasteiger partial charge in [-0.25, -0.2) is 9.59 Å². The van der Waals surface area contributed by atoms with Crippen LogP contribution in [-0.4, -0.2) is 69.5 Å². The number of aliphatic carboxylic acids is 2. The van der Waals surface area contributed by atoms with E-state index in [0.29, 0.717) is 17.7 Å². The molecule has 8 heteroatoms. The number of likely N-dealkylation sites (N-methyl/N-ethyl adjacent to an activating group) is 1. The summed E-state index contributed by atoms with van der Waals surface area (Å²) in [7, 11) is 2.24. The minimum Gasteiger partial charge on any atom is -0.478 e. The van der Waals surface area contributed by atoms with Crippen molar-refractivity contribution in [1.29, 1.82) is 0 Å². The van der Waals surface area contributed by atoms with E-state index in [1.54, 1.807) is 0 Å². The van der Waals surface area contributed by atoms with E-state index in [4.69, 9.17) is 10.2 Å². The van der Waals surface area contributed by atoms with Gasteiger partial charge < -0.3 is 15.1 Å². The third-order valence-electron chi connectivity index (χ3n) is 5.93. The van der Waals surface area contributed by atoms with Crippen molar-refractivity contribution in [2.24, 2.45) is 5.92 Å². The number of rotatable bonds is 4. The van der Waals surface area contributed by atoms with Gasteiger partial charge in [-0.2, -0.15) is 0 Å². The molecule has 2 aliphatic heterocycles. The van der Waals surface area contributed by atoms with Crippen LogP contribution in [0.15, 0.2) is 54.6 Å². The Morgan fingerprint density at radius 1 is 1.07 bits per heavy atom. The number of hydrogen-bond donors (Lipinski definition) is 2. The number of anilines is 1. The Balaban J connectivity index is 0.000000275. The van der Waals surface area contributed by atoms with Crippen LogP contribution in [0, 0.1) is 5.92 Å². The van der Waals surface area contributed by atoms with Gasteiger partial charge in [-0.1, -0.05) is 30.3 Å². The molecule has 4 rings (SSSR count). The molecule has 0 aliphatic carbocycles. The number of benzene rings is 1. The number of hydrogen-bond acceptors (Lipinski definition) is 6. The van der Waals surface area contributed by atoms with E-state index in [2.05, 4.69) is 58.2 Å². The zero-order valence-electron chi connectivity index (χ0n) is 17.1. The quantitative estimate of drug-likeness (QED) is 0.740. The fourth-order valence-electron chi connectivity index (χ4n) is 4.06. The van der Waals surface area contributed by atoms with Gasteiger partial charge in [-0.05, 0) is 45.0 Å². The minimum absolute atomic E-state index is 0.291. The van der Waals surface area contributed by atoms with Crippen molar-refractivity contribution in [3.63, 3.8) is 0 Å². The molecule has 158 valence electrons. The Morgan fingerprint density at radius 2 is 1.73 bits per heavy atom. The van der Waals surface area contributed by atoms with Gasteiger partial charge >= 0.3 is 11.9 Å². The van der Waals surface area contributed by atoms with Gasteiger partial charge in [0.2, 0.25) is 0 Å². The van der Waals surface area contributed by atoms with E-state index in [1.165, 1.54) is 13.0 Å². The zero-order chi connectivity index (χ0) is 21.7. The van der Waals surface area contributed by atoms with E-state index in [0.717, 1.165) is 36.1 Å². The molecule has 0 amide bonds. The summed E-state index contributed by atoms with van der Waals surface area (Å²) in [5.74, 6) is -0.767. The number of carbonyl (C=O) groups is 2. The highest BCUT2D eigenvalue weighted by Gasteiger charge is 2.49. The smallest absolute Gasteiger partial charge is 0.328 e. The van der Waals surface area contributed by atoms with E-state index >= 15 is 0 Å². The van der Waals surface area contributed by atoms with E-state index in [9.17, 15) is 9.59 Å². The lowest BCUT2D eigenvalue weighted by atomic mass is 9.91. The standard InChI is InChI=1S/C18H22N4.C4H4O4/c1-18-13-22(12-15(18)10-11-21(18)2)17-9-8-16(19-20-17)14-6-4-3-5-7-14;5-3(6)1-2-4(7)8/h3-9,15H,10-13H2,1-2H3;1-2H,(H,5,6)(H,7,8). The maximum Gasteiger partial charge on any atom is 0.328 e. The third kappa shape index (κ3) is 4.83. The molecule has 2 fully saturated rings. The number of carboxylic acids is 2. The fourth-order valence-corrected chi connectivity index (χ4v) is 4.06. The molecule has 2 atom stereocenters. The molecule has 1 aromatic heterocycles. The Kier molecular flexibility index (Phi) is 6.47. The molecule has 2 saturated heterocycles. The summed E-state index contributed by atoms with van der Waals surface area (Å²) in [6.45, 7) is 5.75. The predicted octanol–water partition coefficient (Wildman–Crippen LogP) is 2.39. The number of aromatic nitrogens is 2. The highest BCUT2D eigenvalue weighted by atomic mass is 16.4. The van der Waals surface area contributed by atoms with Crippen LogP contribution in [0.5, 0.6) is 0 Å². The second-order valence-corrected chi connectivity index (χ2v) is 7.80. The van der Waals surface area contributed by atoms with Crippen LogP contribution in [0.3, 0.4) is 0 Å². The Labute approximate surface area is 175 Å². The first-order valence-electron chi connectivity index (χ1n) is 9.79. The summed E-state index contributed by atoms with van der Waals surface area (Å²) in [6, 6.07) is 14.4. The van der Waals surface area contributed by atoms with Crippen molar-refractivity contribution in [3.05, 3.63) is 54.6 Å². The molecule has 0 spiro atoms. The molecule has 30 heavy (non-hydrogen) atoms. The second-order valence-electron chi connectivity index (χ2n) is 7.80. The van der Waals surface area contributed by atoms with Gasteiger partial charge in [-0.15, -0.1) is 10.2 Å². The Bertz CT molecular complexity index is 900. The van der Waals surface area contributed by atoms with E-state index in [1.807, 2.05) is 18.2 Å². The molecule has 2 aliphatic rings. The van der Waals surface area contributed by atoms with Gasteiger partial charge in [-0.3, -0.25) is 4.90 Å². The molecular formula is C22H26N4O4. The minimum atomic E-state index is -1.26. The summed E-state index contributed by atoms with van der Waals surface area (Å²) in [5, 5.41) is 24.5. The SMILES string of the molecule is CN1CCC2CN(c3ccc(-c4ccccc4)nn3)CC21C.O=C(O)C=CC(=O)O. The molecule has 2 aromatic rings. The first-order chi connectivity index (χ1) is 14.3. The predicted molar refractivity (Wildman–Crippen MR) is 113 cm³/mol. The van der Waals surface area contributed by atoms with Gasteiger partial charge in [0.25, 0.3) is 0 Å². The fraction of sp³-hybridized carbons (Fsp3) is 0.364. The molecule has 0 saturated carbocycles. The lowest BCUT2D eigenvalue weighted by molar-refractivity contribution is -0.134. The maximum atomic E-state index is 9.55. The number of likely N-dealkylation sites (tertiary alicyclic amines) is 1. The van der Waals surface area contributed by atoms with Crippen LogP contribution in [0.2, 0.25) is 0 Å². The van der Waals surface area contributed by atoms with Crippen molar-refractivity contribution in [2.75, 3.05) is 31.6 Å². The average Bonchev–Trinajstić information content (AvgIpc) is 3.22. The van der Waals surface area contributed by atoms with E-state index in [-0.39, 0.29) is 0 Å². The highest BCUT2D eigenvalue weighted by molar-refractivity contribution is 5.89. The summed E-state index contributed by atoms with van der Waals surface area (Å²) < 4.78 is 0. The summed E-state index contributed by atoms with van der Waals surface area (Å²) in [5.41, 5.74) is 2.35. The average molecular weight is 410 g/mol. The van der Waals surface area contributed by atoms with Crippen LogP contribution in [0.4, 0.5) is 5.82 Å². The van der Waals surface area contributed by atoms with Crippen molar-refractivity contribution in [2.45, 2.75) is 18.9 Å². The summed E-state index contributed by atoms with van der Waals surface area (Å²) in [6.07, 6.45) is 2.41. The van der Waals surface area contributed by atoms with Gasteiger partial charge in [0, 0.05) is 36.3 Å². The topological polar surface area (TPSA) is 107 Å². The van der Waals surface area contributed by atoms with Gasteiger partial charge in [0.1, 0.15) is 0 Å². The van der Waals surface area contributed by atoms with Crippen LogP contribution < -0.4 is 4.90 Å². The monoisotopic (exact) mass is 410 g/mol. The zero-order valence-corrected chi connectivity index (χ0v) is 17.1. The number of nitrogens with zero attached hydrogens (tertiary/aromatic N) is 4.